The van der Waals surface area contributed by atoms with Gasteiger partial charge in [-0.1, -0.05) is 0 Å². The van der Waals surface area contributed by atoms with Crippen LogP contribution in [0.5, 0.6) is 0 Å². The molecule has 0 radical (unpaired) electrons. The fourth-order valence-corrected chi connectivity index (χ4v) is 0.960. The molecule has 0 aromatic carbocycles. The van der Waals surface area contributed by atoms with E-state index in [0.29, 0.717) is 6.04 Å². The van der Waals surface area contributed by atoms with Gasteiger partial charge in [0.05, 0.1) is 6.61 Å². The monoisotopic (exact) mass is 130 g/mol. The Kier molecular flexibility index (Phi) is 2.45. The molecular weight excluding hydrogens is 116 g/mol. The molecule has 54 valence electrons. The third-order valence-electron chi connectivity index (χ3n) is 1.65. The number of nitrogens with one attached hydrogen (secondary N) is 2. The average Bonchev–Trinajstić information content (AvgIpc) is 1.90. The van der Waals surface area contributed by atoms with E-state index in [2.05, 4.69) is 17.6 Å². The van der Waals surface area contributed by atoms with Crippen LogP contribution in [0.25, 0.3) is 0 Å². The van der Waals surface area contributed by atoms with Gasteiger partial charge in [-0.25, -0.2) is 0 Å². The summed E-state index contributed by atoms with van der Waals surface area (Å²) in [5.74, 6) is 0. The van der Waals surface area contributed by atoms with Crippen molar-refractivity contribution < 1.29 is 5.11 Å². The van der Waals surface area contributed by atoms with Gasteiger partial charge < -0.3 is 15.7 Å². The maximum atomic E-state index is 8.67. The van der Waals surface area contributed by atoms with Crippen molar-refractivity contribution in [3.63, 3.8) is 0 Å². The lowest BCUT2D eigenvalue weighted by atomic mass is 10.2. The summed E-state index contributed by atoms with van der Waals surface area (Å²) in [5.41, 5.74) is 0. The van der Waals surface area contributed by atoms with Crippen molar-refractivity contribution in [1.82, 2.24) is 10.6 Å². The van der Waals surface area contributed by atoms with E-state index in [1.807, 2.05) is 0 Å². The molecule has 3 N–H and O–H groups in total. The van der Waals surface area contributed by atoms with Gasteiger partial charge in [-0.15, -0.1) is 0 Å². The van der Waals surface area contributed by atoms with E-state index in [1.54, 1.807) is 0 Å². The molecule has 0 unspecified atom stereocenters. The molecule has 0 saturated carbocycles. The molecule has 1 rings (SSSR count). The molecule has 0 aromatic rings. The Balaban J connectivity index is 2.18. The molecule has 2 atom stereocenters. The molecule has 0 spiro atoms. The van der Waals surface area contributed by atoms with Crippen molar-refractivity contribution in [1.29, 1.82) is 0 Å². The standard InChI is InChI=1S/C6H14N2O/c1-5-2-8-6(4-9)3-7-5/h5-9H,2-4H2,1H3/t5-,6-/m1/s1. The highest BCUT2D eigenvalue weighted by Gasteiger charge is 2.14. The highest BCUT2D eigenvalue weighted by atomic mass is 16.3. The number of hydrogen-bond donors (Lipinski definition) is 3. The highest BCUT2D eigenvalue weighted by molar-refractivity contribution is 4.79. The lowest BCUT2D eigenvalue weighted by Crippen LogP contribution is -2.54. The van der Waals surface area contributed by atoms with Crippen LogP contribution in [0.2, 0.25) is 0 Å². The van der Waals surface area contributed by atoms with Crippen molar-refractivity contribution in [3.8, 4) is 0 Å². The van der Waals surface area contributed by atoms with E-state index in [4.69, 9.17) is 5.11 Å². The highest BCUT2D eigenvalue weighted by Crippen LogP contribution is 1.90. The largest absolute Gasteiger partial charge is 0.395 e. The summed E-state index contributed by atoms with van der Waals surface area (Å²) in [5, 5.41) is 15.1. The van der Waals surface area contributed by atoms with Crippen LogP contribution >= 0.6 is 0 Å². The molecule has 1 heterocycles. The number of aliphatic hydroxyl groups is 1. The van der Waals surface area contributed by atoms with Gasteiger partial charge in [-0.2, -0.15) is 0 Å². The molecule has 3 nitrogen and oxygen atoms in total. The lowest BCUT2D eigenvalue weighted by molar-refractivity contribution is 0.216. The first-order valence-corrected chi connectivity index (χ1v) is 3.40. The van der Waals surface area contributed by atoms with Crippen molar-refractivity contribution in [3.05, 3.63) is 0 Å². The summed E-state index contributed by atoms with van der Waals surface area (Å²) < 4.78 is 0. The predicted octanol–water partition coefficient (Wildman–Crippen LogP) is -1.07. The smallest absolute Gasteiger partial charge is 0.0597 e. The first-order chi connectivity index (χ1) is 4.33. The van der Waals surface area contributed by atoms with Crippen LogP contribution in [-0.2, 0) is 0 Å². The topological polar surface area (TPSA) is 44.3 Å². The normalized spacial score (nSPS) is 36.7. The van der Waals surface area contributed by atoms with Gasteiger partial charge in [0.25, 0.3) is 0 Å². The van der Waals surface area contributed by atoms with Crippen LogP contribution in [0.15, 0.2) is 0 Å². The van der Waals surface area contributed by atoms with Gasteiger partial charge >= 0.3 is 0 Å². The summed E-state index contributed by atoms with van der Waals surface area (Å²) in [6.07, 6.45) is 0. The minimum atomic E-state index is 0.236. The summed E-state index contributed by atoms with van der Waals surface area (Å²) >= 11 is 0. The van der Waals surface area contributed by atoms with E-state index in [9.17, 15) is 0 Å². The molecular formula is C6H14N2O. The average molecular weight is 130 g/mol. The third kappa shape index (κ3) is 1.93. The van der Waals surface area contributed by atoms with Crippen LogP contribution in [0.1, 0.15) is 6.92 Å². The van der Waals surface area contributed by atoms with Crippen LogP contribution in [0, 0.1) is 0 Å². The Morgan fingerprint density at radius 1 is 1.44 bits per heavy atom. The molecule has 1 fully saturated rings. The van der Waals surface area contributed by atoms with E-state index < -0.39 is 0 Å². The Hall–Kier alpha value is -0.120. The second kappa shape index (κ2) is 3.15. The zero-order chi connectivity index (χ0) is 6.69. The molecule has 1 aliphatic rings. The molecule has 0 aromatic heterocycles. The van der Waals surface area contributed by atoms with Crippen LogP contribution in [0.3, 0.4) is 0 Å². The van der Waals surface area contributed by atoms with Gasteiger partial charge in [0.15, 0.2) is 0 Å². The SMILES string of the molecule is C[C@@H]1CN[C@@H](CO)CN1. The van der Waals surface area contributed by atoms with Gasteiger partial charge in [-0.05, 0) is 6.92 Å². The summed E-state index contributed by atoms with van der Waals surface area (Å²) in [7, 11) is 0. The molecule has 1 aliphatic heterocycles. The predicted molar refractivity (Wildman–Crippen MR) is 36.3 cm³/mol. The quantitative estimate of drug-likeness (QED) is 0.423. The Morgan fingerprint density at radius 2 is 2.22 bits per heavy atom. The van der Waals surface area contributed by atoms with E-state index >= 15 is 0 Å². The maximum absolute atomic E-state index is 8.67. The van der Waals surface area contributed by atoms with Crippen molar-refractivity contribution in [2.75, 3.05) is 19.7 Å². The van der Waals surface area contributed by atoms with Gasteiger partial charge in [0, 0.05) is 25.2 Å². The molecule has 0 aliphatic carbocycles. The van der Waals surface area contributed by atoms with E-state index in [1.165, 1.54) is 0 Å². The molecule has 0 amide bonds. The molecule has 0 bridgehead atoms. The number of rotatable bonds is 1. The van der Waals surface area contributed by atoms with Crippen molar-refractivity contribution in [2.45, 2.75) is 19.0 Å². The Morgan fingerprint density at radius 3 is 2.67 bits per heavy atom. The third-order valence-corrected chi connectivity index (χ3v) is 1.65. The number of aliphatic hydroxyl groups excluding tert-OH is 1. The first-order valence-electron chi connectivity index (χ1n) is 3.40. The second-order valence-electron chi connectivity index (χ2n) is 2.60. The van der Waals surface area contributed by atoms with Crippen LogP contribution in [0.4, 0.5) is 0 Å². The lowest BCUT2D eigenvalue weighted by Gasteiger charge is -2.27. The summed E-state index contributed by atoms with van der Waals surface area (Å²) in [6.45, 7) is 4.21. The summed E-state index contributed by atoms with van der Waals surface area (Å²) in [4.78, 5) is 0. The van der Waals surface area contributed by atoms with Crippen molar-refractivity contribution >= 4 is 0 Å². The minimum Gasteiger partial charge on any atom is -0.395 e. The number of hydrogen-bond acceptors (Lipinski definition) is 3. The number of piperazine rings is 1. The summed E-state index contributed by atoms with van der Waals surface area (Å²) in [6, 6.07) is 0.814. The molecule has 1 saturated heterocycles. The van der Waals surface area contributed by atoms with Crippen LogP contribution in [-0.4, -0.2) is 36.9 Å². The van der Waals surface area contributed by atoms with E-state index in [0.717, 1.165) is 13.1 Å². The van der Waals surface area contributed by atoms with E-state index in [-0.39, 0.29) is 12.6 Å². The van der Waals surface area contributed by atoms with Gasteiger partial charge in [0.2, 0.25) is 0 Å². The minimum absolute atomic E-state index is 0.236. The fourth-order valence-electron chi connectivity index (χ4n) is 0.960. The molecule has 3 heteroatoms. The molecule has 9 heavy (non-hydrogen) atoms. The zero-order valence-corrected chi connectivity index (χ0v) is 5.72. The van der Waals surface area contributed by atoms with Gasteiger partial charge in [0.1, 0.15) is 0 Å². The zero-order valence-electron chi connectivity index (χ0n) is 5.72. The first kappa shape index (κ1) is 6.99. The fraction of sp³-hybridized carbons (Fsp3) is 1.00. The maximum Gasteiger partial charge on any atom is 0.0597 e. The second-order valence-corrected chi connectivity index (χ2v) is 2.60. The Labute approximate surface area is 55.5 Å². The Bertz CT molecular complexity index is 79.1. The van der Waals surface area contributed by atoms with Crippen molar-refractivity contribution in [2.24, 2.45) is 0 Å². The van der Waals surface area contributed by atoms with Crippen LogP contribution < -0.4 is 10.6 Å². The van der Waals surface area contributed by atoms with Gasteiger partial charge in [-0.3, -0.25) is 0 Å².